The van der Waals surface area contributed by atoms with Crippen molar-refractivity contribution in [2.75, 3.05) is 0 Å². The monoisotopic (exact) mass is 290 g/mol. The fraction of sp³-hybridized carbons (Fsp3) is 1.00. The van der Waals surface area contributed by atoms with E-state index < -0.39 is 22.2 Å². The second-order valence-electron chi connectivity index (χ2n) is 7.49. The van der Waals surface area contributed by atoms with Gasteiger partial charge in [-0.3, -0.25) is 0 Å². The number of nitrogens with two attached hydrogens (primary N) is 2. The molecule has 0 aromatic rings. The largest absolute Gasteiger partial charge is 0.390 e. The molecule has 0 saturated carbocycles. The molecule has 122 valence electrons. The average molecular weight is 290 g/mol. The van der Waals surface area contributed by atoms with Gasteiger partial charge in [-0.15, -0.1) is 0 Å². The summed E-state index contributed by atoms with van der Waals surface area (Å²) in [5.41, 5.74) is 6.27. The van der Waals surface area contributed by atoms with Crippen LogP contribution >= 0.6 is 0 Å². The summed E-state index contributed by atoms with van der Waals surface area (Å²) in [6, 6.07) is 0. The molecule has 0 heterocycles. The van der Waals surface area contributed by atoms with Gasteiger partial charge >= 0.3 is 0 Å². The van der Waals surface area contributed by atoms with Gasteiger partial charge in [-0.05, 0) is 54.4 Å². The van der Waals surface area contributed by atoms with E-state index in [1.807, 2.05) is 0 Å². The van der Waals surface area contributed by atoms with Crippen molar-refractivity contribution in [2.24, 2.45) is 16.9 Å². The van der Waals surface area contributed by atoms with Crippen LogP contribution in [0.4, 0.5) is 0 Å². The van der Waals surface area contributed by atoms with Gasteiger partial charge < -0.3 is 26.8 Å². The Labute approximate surface area is 123 Å². The lowest BCUT2D eigenvalue weighted by molar-refractivity contribution is -0.251. The maximum absolute atomic E-state index is 10.6. The van der Waals surface area contributed by atoms with Crippen LogP contribution in [0.15, 0.2) is 0 Å². The van der Waals surface area contributed by atoms with Crippen LogP contribution in [0.25, 0.3) is 0 Å². The highest BCUT2D eigenvalue weighted by atomic mass is 16.3. The van der Waals surface area contributed by atoms with Crippen molar-refractivity contribution >= 4 is 0 Å². The quantitative estimate of drug-likeness (QED) is 0.339. The zero-order valence-electron chi connectivity index (χ0n) is 13.9. The first kappa shape index (κ1) is 19.8. The van der Waals surface area contributed by atoms with E-state index in [1.165, 1.54) is 0 Å². The first-order chi connectivity index (χ1) is 8.67. The van der Waals surface area contributed by atoms with Crippen LogP contribution in [-0.2, 0) is 0 Å². The van der Waals surface area contributed by atoms with Crippen molar-refractivity contribution in [1.29, 1.82) is 0 Å². The van der Waals surface area contributed by atoms with Crippen LogP contribution in [0, 0.1) is 5.41 Å². The highest BCUT2D eigenvalue weighted by Crippen LogP contribution is 2.53. The zero-order valence-corrected chi connectivity index (χ0v) is 13.9. The van der Waals surface area contributed by atoms with Crippen LogP contribution in [0.1, 0.15) is 67.2 Å². The van der Waals surface area contributed by atoms with Crippen molar-refractivity contribution < 1.29 is 15.3 Å². The van der Waals surface area contributed by atoms with Gasteiger partial charge in [0.25, 0.3) is 0 Å². The number of unbranched alkanes of at least 4 members (excludes halogenated alkanes) is 1. The van der Waals surface area contributed by atoms with Gasteiger partial charge in [-0.2, -0.15) is 0 Å². The van der Waals surface area contributed by atoms with Crippen LogP contribution < -0.4 is 11.5 Å². The topological polar surface area (TPSA) is 113 Å². The van der Waals surface area contributed by atoms with E-state index in [1.54, 1.807) is 41.5 Å². The highest BCUT2D eigenvalue weighted by Gasteiger charge is 2.61. The number of hydrogen-bond donors (Lipinski definition) is 5. The minimum Gasteiger partial charge on any atom is -0.390 e. The molecule has 0 amide bonds. The first-order valence-electron chi connectivity index (χ1n) is 7.35. The molecule has 0 fully saturated rings. The molecule has 0 aliphatic heterocycles. The summed E-state index contributed by atoms with van der Waals surface area (Å²) < 4.78 is 0. The SMILES string of the molecule is CC(C)(O)C(CCCCC(N)N)(C(C)(C)O)C(C)(C)O. The molecule has 5 heteroatoms. The molecule has 0 aromatic heterocycles. The minimum absolute atomic E-state index is 0.351. The molecule has 5 nitrogen and oxygen atoms in total. The Morgan fingerprint density at radius 2 is 1.10 bits per heavy atom. The lowest BCUT2D eigenvalue weighted by Gasteiger charge is -2.57. The maximum Gasteiger partial charge on any atom is 0.0702 e. The number of aliphatic hydroxyl groups is 3. The standard InChI is InChI=1S/C15H34N2O3/c1-12(2,18)15(13(3,4)19,14(5,6)20)10-8-7-9-11(16)17/h11,18-20H,7-10,16-17H2,1-6H3. The zero-order chi connectivity index (χ0) is 16.4. The molecule has 0 unspecified atom stereocenters. The van der Waals surface area contributed by atoms with Gasteiger partial charge in [-0.25, -0.2) is 0 Å². The first-order valence-corrected chi connectivity index (χ1v) is 7.35. The fourth-order valence-corrected chi connectivity index (χ4v) is 3.93. The molecule has 0 saturated heterocycles. The lowest BCUT2D eigenvalue weighted by Crippen LogP contribution is -2.67. The molecule has 0 aromatic carbocycles. The van der Waals surface area contributed by atoms with E-state index in [2.05, 4.69) is 0 Å². The van der Waals surface area contributed by atoms with Crippen molar-refractivity contribution in [3.63, 3.8) is 0 Å². The molecule has 0 spiro atoms. The third kappa shape index (κ3) is 4.15. The van der Waals surface area contributed by atoms with Crippen LogP contribution in [0.2, 0.25) is 0 Å². The molecular formula is C15H34N2O3. The van der Waals surface area contributed by atoms with Gasteiger partial charge in [0.15, 0.2) is 0 Å². The van der Waals surface area contributed by atoms with E-state index in [0.29, 0.717) is 12.8 Å². The Kier molecular flexibility index (Phi) is 6.22. The van der Waals surface area contributed by atoms with Gasteiger partial charge in [-0.1, -0.05) is 12.8 Å². The van der Waals surface area contributed by atoms with Crippen LogP contribution in [0.3, 0.4) is 0 Å². The molecule has 0 rings (SSSR count). The second kappa shape index (κ2) is 6.28. The average Bonchev–Trinajstić information content (AvgIpc) is 2.09. The van der Waals surface area contributed by atoms with Gasteiger partial charge in [0.05, 0.1) is 28.4 Å². The number of hydrogen-bond acceptors (Lipinski definition) is 5. The Morgan fingerprint density at radius 3 is 1.35 bits per heavy atom. The predicted octanol–water partition coefficient (Wildman–Crippen LogP) is 1.09. The Bertz CT molecular complexity index is 260. The Balaban J connectivity index is 5.36. The normalized spacial score (nSPS) is 15.0. The summed E-state index contributed by atoms with van der Waals surface area (Å²) in [4.78, 5) is 0. The van der Waals surface area contributed by atoms with E-state index in [4.69, 9.17) is 11.5 Å². The van der Waals surface area contributed by atoms with Gasteiger partial charge in [0.2, 0.25) is 0 Å². The van der Waals surface area contributed by atoms with E-state index in [0.717, 1.165) is 12.8 Å². The maximum atomic E-state index is 10.6. The van der Waals surface area contributed by atoms with Crippen molar-refractivity contribution in [3.8, 4) is 0 Å². The van der Waals surface area contributed by atoms with E-state index >= 15 is 0 Å². The van der Waals surface area contributed by atoms with Gasteiger partial charge in [0, 0.05) is 0 Å². The summed E-state index contributed by atoms with van der Waals surface area (Å²) in [5, 5.41) is 31.9. The highest BCUT2D eigenvalue weighted by molar-refractivity contribution is 5.11. The second-order valence-corrected chi connectivity index (χ2v) is 7.49. The summed E-state index contributed by atoms with van der Waals surface area (Å²) in [6.45, 7) is 9.82. The summed E-state index contributed by atoms with van der Waals surface area (Å²) in [6.07, 6.45) is 2.33. The third-order valence-corrected chi connectivity index (χ3v) is 4.47. The van der Waals surface area contributed by atoms with E-state index in [9.17, 15) is 15.3 Å². The minimum atomic E-state index is -1.24. The lowest BCUT2D eigenvalue weighted by atomic mass is 9.53. The summed E-state index contributed by atoms with van der Waals surface area (Å²) >= 11 is 0. The molecule has 0 aliphatic carbocycles. The van der Waals surface area contributed by atoms with Crippen LogP contribution in [-0.4, -0.2) is 38.3 Å². The Morgan fingerprint density at radius 1 is 0.750 bits per heavy atom. The Hall–Kier alpha value is -0.200. The third-order valence-electron chi connectivity index (χ3n) is 4.47. The molecule has 7 N–H and O–H groups in total. The molecule has 20 heavy (non-hydrogen) atoms. The fourth-order valence-electron chi connectivity index (χ4n) is 3.93. The van der Waals surface area contributed by atoms with Crippen molar-refractivity contribution in [1.82, 2.24) is 0 Å². The van der Waals surface area contributed by atoms with Gasteiger partial charge in [0.1, 0.15) is 0 Å². The summed E-state index contributed by atoms with van der Waals surface area (Å²) in [5.74, 6) is 0. The predicted molar refractivity (Wildman–Crippen MR) is 82.0 cm³/mol. The van der Waals surface area contributed by atoms with Crippen molar-refractivity contribution in [2.45, 2.75) is 90.2 Å². The molecule has 0 aliphatic rings. The van der Waals surface area contributed by atoms with Crippen molar-refractivity contribution in [3.05, 3.63) is 0 Å². The molecule has 0 radical (unpaired) electrons. The van der Waals surface area contributed by atoms with Crippen LogP contribution in [0.5, 0.6) is 0 Å². The smallest absolute Gasteiger partial charge is 0.0702 e. The van der Waals surface area contributed by atoms with E-state index in [-0.39, 0.29) is 6.17 Å². The summed E-state index contributed by atoms with van der Waals surface area (Å²) in [7, 11) is 0. The molecule has 0 bridgehead atoms. The number of rotatable bonds is 8. The molecule has 0 atom stereocenters. The molecular weight excluding hydrogens is 256 g/mol.